The van der Waals surface area contributed by atoms with Crippen molar-refractivity contribution in [3.8, 4) is 0 Å². The van der Waals surface area contributed by atoms with Crippen molar-refractivity contribution in [1.29, 1.82) is 0 Å². The van der Waals surface area contributed by atoms with Crippen molar-refractivity contribution < 1.29 is 4.79 Å². The van der Waals surface area contributed by atoms with Gasteiger partial charge in [0, 0.05) is 30.9 Å². The van der Waals surface area contributed by atoms with Crippen LogP contribution in [0.3, 0.4) is 0 Å². The van der Waals surface area contributed by atoms with Gasteiger partial charge in [-0.3, -0.25) is 4.79 Å². The fourth-order valence-electron chi connectivity index (χ4n) is 2.15. The molecule has 0 bridgehead atoms. The lowest BCUT2D eigenvalue weighted by atomic mass is 10.1. The summed E-state index contributed by atoms with van der Waals surface area (Å²) in [5.74, 6) is 0.908. The van der Waals surface area contributed by atoms with Crippen LogP contribution >= 0.6 is 0 Å². The molecule has 1 aromatic carbocycles. The Labute approximate surface area is 116 Å². The molecule has 0 heterocycles. The minimum atomic E-state index is 0.163. The van der Waals surface area contributed by atoms with Gasteiger partial charge in [0.1, 0.15) is 0 Å². The van der Waals surface area contributed by atoms with E-state index in [1.54, 1.807) is 0 Å². The molecule has 2 rings (SSSR count). The summed E-state index contributed by atoms with van der Waals surface area (Å²) in [6.45, 7) is 6.88. The number of hydrogen-bond donors (Lipinski definition) is 1. The minimum Gasteiger partial charge on any atom is -0.385 e. The highest BCUT2D eigenvalue weighted by Gasteiger charge is 2.26. The van der Waals surface area contributed by atoms with Crippen LogP contribution in [0, 0.1) is 5.92 Å². The summed E-state index contributed by atoms with van der Waals surface area (Å²) in [7, 11) is 0. The van der Waals surface area contributed by atoms with E-state index >= 15 is 0 Å². The molecule has 0 aromatic heterocycles. The molecule has 1 saturated carbocycles. The third kappa shape index (κ3) is 3.98. The number of anilines is 1. The monoisotopic (exact) mass is 260 g/mol. The molecule has 0 radical (unpaired) electrons. The largest absolute Gasteiger partial charge is 0.385 e. The summed E-state index contributed by atoms with van der Waals surface area (Å²) in [5, 5.41) is 3.32. The molecule has 0 saturated heterocycles. The zero-order chi connectivity index (χ0) is 13.7. The van der Waals surface area contributed by atoms with Gasteiger partial charge in [-0.05, 0) is 56.4 Å². The lowest BCUT2D eigenvalue weighted by Gasteiger charge is -2.20. The van der Waals surface area contributed by atoms with Gasteiger partial charge in [-0.1, -0.05) is 6.92 Å². The molecular formula is C16H24N2O. The highest BCUT2D eigenvalue weighted by molar-refractivity contribution is 5.94. The van der Waals surface area contributed by atoms with E-state index < -0.39 is 0 Å². The van der Waals surface area contributed by atoms with Gasteiger partial charge in [0.25, 0.3) is 5.91 Å². The van der Waals surface area contributed by atoms with Crippen LogP contribution in [-0.2, 0) is 0 Å². The van der Waals surface area contributed by atoms with Gasteiger partial charge in [0.15, 0.2) is 0 Å². The van der Waals surface area contributed by atoms with Crippen LogP contribution in [0.15, 0.2) is 24.3 Å². The van der Waals surface area contributed by atoms with Crippen molar-refractivity contribution in [3.63, 3.8) is 0 Å². The number of carbonyl (C=O) groups is 1. The van der Waals surface area contributed by atoms with Crippen LogP contribution in [0.5, 0.6) is 0 Å². The standard InChI is InChI=1S/C16H24N2O/c1-3-11-17-15-9-7-14(8-10-15)16(19)18(4-2)12-13-5-6-13/h7-10,13,17H,3-6,11-12H2,1-2H3. The summed E-state index contributed by atoms with van der Waals surface area (Å²) >= 11 is 0. The van der Waals surface area contributed by atoms with E-state index in [0.717, 1.165) is 43.2 Å². The third-order valence-electron chi connectivity index (χ3n) is 3.56. The summed E-state index contributed by atoms with van der Waals surface area (Å²) in [4.78, 5) is 14.3. The third-order valence-corrected chi connectivity index (χ3v) is 3.56. The molecule has 1 aliphatic rings. The smallest absolute Gasteiger partial charge is 0.253 e. The normalized spacial score (nSPS) is 14.2. The van der Waals surface area contributed by atoms with Gasteiger partial charge in [0.2, 0.25) is 0 Å². The van der Waals surface area contributed by atoms with Crippen molar-refractivity contribution in [2.24, 2.45) is 5.92 Å². The molecule has 0 atom stereocenters. The fourth-order valence-corrected chi connectivity index (χ4v) is 2.15. The van der Waals surface area contributed by atoms with E-state index in [-0.39, 0.29) is 5.91 Å². The molecule has 3 nitrogen and oxygen atoms in total. The Hall–Kier alpha value is -1.51. The Balaban J connectivity index is 1.96. The second-order valence-electron chi connectivity index (χ2n) is 5.29. The predicted molar refractivity (Wildman–Crippen MR) is 79.5 cm³/mol. The van der Waals surface area contributed by atoms with Gasteiger partial charge in [-0.15, -0.1) is 0 Å². The number of benzene rings is 1. The summed E-state index contributed by atoms with van der Waals surface area (Å²) in [6.07, 6.45) is 3.67. The van der Waals surface area contributed by atoms with Crippen molar-refractivity contribution in [2.75, 3.05) is 25.0 Å². The van der Waals surface area contributed by atoms with Crippen LogP contribution in [0.25, 0.3) is 0 Å². The first-order valence-corrected chi connectivity index (χ1v) is 7.37. The Morgan fingerprint density at radius 1 is 1.26 bits per heavy atom. The average Bonchev–Trinajstić information content (AvgIpc) is 3.26. The van der Waals surface area contributed by atoms with Crippen molar-refractivity contribution in [2.45, 2.75) is 33.1 Å². The van der Waals surface area contributed by atoms with Crippen molar-refractivity contribution in [3.05, 3.63) is 29.8 Å². The van der Waals surface area contributed by atoms with Crippen molar-refractivity contribution in [1.82, 2.24) is 4.90 Å². The lowest BCUT2D eigenvalue weighted by Crippen LogP contribution is -2.32. The molecule has 1 N–H and O–H groups in total. The molecule has 1 aromatic rings. The molecule has 3 heteroatoms. The maximum atomic E-state index is 12.4. The van der Waals surface area contributed by atoms with Gasteiger partial charge in [0.05, 0.1) is 0 Å². The summed E-state index contributed by atoms with van der Waals surface area (Å²) < 4.78 is 0. The molecular weight excluding hydrogens is 236 g/mol. The average molecular weight is 260 g/mol. The lowest BCUT2D eigenvalue weighted by molar-refractivity contribution is 0.0757. The number of amides is 1. The van der Waals surface area contributed by atoms with Gasteiger partial charge in [-0.2, -0.15) is 0 Å². The molecule has 19 heavy (non-hydrogen) atoms. The second kappa shape index (κ2) is 6.60. The van der Waals surface area contributed by atoms with E-state index in [1.807, 2.05) is 29.2 Å². The maximum absolute atomic E-state index is 12.4. The predicted octanol–water partition coefficient (Wildman–Crippen LogP) is 3.38. The molecule has 1 amide bonds. The quantitative estimate of drug-likeness (QED) is 0.815. The first kappa shape index (κ1) is 13.9. The first-order chi connectivity index (χ1) is 9.24. The molecule has 104 valence electrons. The zero-order valence-corrected chi connectivity index (χ0v) is 12.0. The minimum absolute atomic E-state index is 0.163. The SMILES string of the molecule is CCCNc1ccc(C(=O)N(CC)CC2CC2)cc1. The number of rotatable bonds is 7. The fraction of sp³-hybridized carbons (Fsp3) is 0.562. The van der Waals surface area contributed by atoms with Crippen LogP contribution in [0.1, 0.15) is 43.5 Å². The van der Waals surface area contributed by atoms with E-state index in [1.165, 1.54) is 12.8 Å². The second-order valence-corrected chi connectivity index (χ2v) is 5.29. The van der Waals surface area contributed by atoms with E-state index in [9.17, 15) is 4.79 Å². The van der Waals surface area contributed by atoms with E-state index in [4.69, 9.17) is 0 Å². The summed E-state index contributed by atoms with van der Waals surface area (Å²) in [5.41, 5.74) is 1.88. The topological polar surface area (TPSA) is 32.3 Å². The summed E-state index contributed by atoms with van der Waals surface area (Å²) in [6, 6.07) is 7.84. The number of hydrogen-bond acceptors (Lipinski definition) is 2. The van der Waals surface area contributed by atoms with Gasteiger partial charge < -0.3 is 10.2 Å². The number of nitrogens with one attached hydrogen (secondary N) is 1. The number of carbonyl (C=O) groups excluding carboxylic acids is 1. The van der Waals surface area contributed by atoms with Crippen LogP contribution in [0.2, 0.25) is 0 Å². The van der Waals surface area contributed by atoms with Crippen LogP contribution < -0.4 is 5.32 Å². The molecule has 0 unspecified atom stereocenters. The first-order valence-electron chi connectivity index (χ1n) is 7.37. The van der Waals surface area contributed by atoms with Crippen LogP contribution in [-0.4, -0.2) is 30.4 Å². The van der Waals surface area contributed by atoms with E-state index in [0.29, 0.717) is 0 Å². The zero-order valence-electron chi connectivity index (χ0n) is 12.0. The maximum Gasteiger partial charge on any atom is 0.253 e. The Bertz CT molecular complexity index is 409. The molecule has 0 aliphatic heterocycles. The van der Waals surface area contributed by atoms with Gasteiger partial charge in [-0.25, -0.2) is 0 Å². The number of nitrogens with zero attached hydrogens (tertiary/aromatic N) is 1. The van der Waals surface area contributed by atoms with Crippen molar-refractivity contribution >= 4 is 11.6 Å². The Morgan fingerprint density at radius 3 is 2.47 bits per heavy atom. The Morgan fingerprint density at radius 2 is 1.95 bits per heavy atom. The molecule has 0 spiro atoms. The van der Waals surface area contributed by atoms with Crippen LogP contribution in [0.4, 0.5) is 5.69 Å². The highest BCUT2D eigenvalue weighted by atomic mass is 16.2. The molecule has 1 fully saturated rings. The molecule has 1 aliphatic carbocycles. The van der Waals surface area contributed by atoms with Gasteiger partial charge >= 0.3 is 0 Å². The Kier molecular flexibility index (Phi) is 4.83. The van der Waals surface area contributed by atoms with E-state index in [2.05, 4.69) is 19.2 Å². The highest BCUT2D eigenvalue weighted by Crippen LogP contribution is 2.30.